The van der Waals surface area contributed by atoms with E-state index in [9.17, 15) is 0 Å². The quantitative estimate of drug-likeness (QED) is 0.215. The van der Waals surface area contributed by atoms with E-state index in [1.807, 2.05) is 18.2 Å². The SMILES string of the molecule is c1ccc(-c2cn3cc(-c4ccc(-c5nc6ccccc6c6c(-c7ccccc7)cccc56)cc4)ccc3n2)cc1. The van der Waals surface area contributed by atoms with Crippen molar-refractivity contribution < 1.29 is 0 Å². The molecule has 0 spiro atoms. The van der Waals surface area contributed by atoms with E-state index in [1.54, 1.807) is 0 Å². The summed E-state index contributed by atoms with van der Waals surface area (Å²) in [7, 11) is 0. The van der Waals surface area contributed by atoms with Crippen molar-refractivity contribution in [3.63, 3.8) is 0 Å². The smallest absolute Gasteiger partial charge is 0.137 e. The van der Waals surface area contributed by atoms with Crippen molar-refractivity contribution in [3.05, 3.63) is 152 Å². The molecule has 41 heavy (non-hydrogen) atoms. The summed E-state index contributed by atoms with van der Waals surface area (Å²) in [6.07, 6.45) is 4.25. The van der Waals surface area contributed by atoms with Crippen molar-refractivity contribution in [1.29, 1.82) is 0 Å². The van der Waals surface area contributed by atoms with Crippen LogP contribution < -0.4 is 0 Å². The molecular weight excluding hydrogens is 498 g/mol. The molecule has 3 nitrogen and oxygen atoms in total. The van der Waals surface area contributed by atoms with Crippen LogP contribution in [-0.2, 0) is 0 Å². The van der Waals surface area contributed by atoms with Gasteiger partial charge in [0.15, 0.2) is 0 Å². The number of hydrogen-bond acceptors (Lipinski definition) is 2. The Morgan fingerprint density at radius 2 is 1.07 bits per heavy atom. The summed E-state index contributed by atoms with van der Waals surface area (Å²) in [6.45, 7) is 0. The van der Waals surface area contributed by atoms with Crippen molar-refractivity contribution in [2.24, 2.45) is 0 Å². The minimum atomic E-state index is 0.935. The first-order valence-corrected chi connectivity index (χ1v) is 13.8. The van der Waals surface area contributed by atoms with Gasteiger partial charge in [0.1, 0.15) is 5.65 Å². The molecule has 3 aromatic heterocycles. The molecule has 0 unspecified atom stereocenters. The van der Waals surface area contributed by atoms with Gasteiger partial charge in [-0.15, -0.1) is 0 Å². The summed E-state index contributed by atoms with van der Waals surface area (Å²) in [5.41, 5.74) is 10.9. The van der Waals surface area contributed by atoms with Gasteiger partial charge in [0.05, 0.1) is 16.9 Å². The highest BCUT2D eigenvalue weighted by atomic mass is 15.0. The van der Waals surface area contributed by atoms with Gasteiger partial charge in [0.25, 0.3) is 0 Å². The molecule has 8 aromatic rings. The van der Waals surface area contributed by atoms with Gasteiger partial charge in [-0.2, -0.15) is 0 Å². The zero-order valence-corrected chi connectivity index (χ0v) is 22.3. The average molecular weight is 524 g/mol. The largest absolute Gasteiger partial charge is 0.306 e. The van der Waals surface area contributed by atoms with Crippen LogP contribution in [0.3, 0.4) is 0 Å². The Morgan fingerprint density at radius 1 is 0.415 bits per heavy atom. The Balaban J connectivity index is 1.23. The van der Waals surface area contributed by atoms with Crippen LogP contribution in [0.2, 0.25) is 0 Å². The van der Waals surface area contributed by atoms with Crippen molar-refractivity contribution in [1.82, 2.24) is 14.4 Å². The van der Waals surface area contributed by atoms with E-state index in [4.69, 9.17) is 9.97 Å². The minimum Gasteiger partial charge on any atom is -0.306 e. The van der Waals surface area contributed by atoms with Crippen LogP contribution in [0.1, 0.15) is 0 Å². The lowest BCUT2D eigenvalue weighted by Crippen LogP contribution is -1.92. The van der Waals surface area contributed by atoms with E-state index < -0.39 is 0 Å². The summed E-state index contributed by atoms with van der Waals surface area (Å²) < 4.78 is 2.11. The molecule has 0 radical (unpaired) electrons. The van der Waals surface area contributed by atoms with Crippen LogP contribution >= 0.6 is 0 Å². The molecule has 0 fully saturated rings. The molecule has 3 heterocycles. The predicted molar refractivity (Wildman–Crippen MR) is 170 cm³/mol. The molecule has 0 bridgehead atoms. The number of rotatable bonds is 4. The second-order valence-electron chi connectivity index (χ2n) is 10.3. The topological polar surface area (TPSA) is 30.2 Å². The lowest BCUT2D eigenvalue weighted by molar-refractivity contribution is 1.19. The van der Waals surface area contributed by atoms with Crippen molar-refractivity contribution in [2.75, 3.05) is 0 Å². The number of hydrogen-bond donors (Lipinski definition) is 0. The maximum atomic E-state index is 5.17. The molecule has 0 saturated heterocycles. The summed E-state index contributed by atoms with van der Waals surface area (Å²) >= 11 is 0. The van der Waals surface area contributed by atoms with E-state index >= 15 is 0 Å². The molecule has 0 aliphatic heterocycles. The molecule has 0 atom stereocenters. The molecule has 8 rings (SSSR count). The summed E-state index contributed by atoms with van der Waals surface area (Å²) in [6, 6.07) is 48.9. The number of benzene rings is 5. The van der Waals surface area contributed by atoms with Crippen LogP contribution in [0.4, 0.5) is 0 Å². The van der Waals surface area contributed by atoms with Crippen LogP contribution in [-0.4, -0.2) is 14.4 Å². The van der Waals surface area contributed by atoms with E-state index in [0.29, 0.717) is 0 Å². The molecule has 3 heteroatoms. The summed E-state index contributed by atoms with van der Waals surface area (Å²) in [5.74, 6) is 0. The number of pyridine rings is 2. The monoisotopic (exact) mass is 523 g/mol. The van der Waals surface area contributed by atoms with Crippen LogP contribution in [0.25, 0.3) is 72.1 Å². The van der Waals surface area contributed by atoms with Gasteiger partial charge >= 0.3 is 0 Å². The van der Waals surface area contributed by atoms with E-state index in [1.165, 1.54) is 21.9 Å². The number of aromatic nitrogens is 3. The second kappa shape index (κ2) is 9.58. The molecule has 5 aromatic carbocycles. The van der Waals surface area contributed by atoms with Crippen molar-refractivity contribution in [3.8, 4) is 44.8 Å². The van der Waals surface area contributed by atoms with Gasteiger partial charge in [-0.1, -0.05) is 121 Å². The van der Waals surface area contributed by atoms with Crippen LogP contribution in [0.15, 0.2) is 152 Å². The third kappa shape index (κ3) is 4.07. The highest BCUT2D eigenvalue weighted by molar-refractivity contribution is 6.17. The Hall–Kier alpha value is -5.54. The summed E-state index contributed by atoms with van der Waals surface area (Å²) in [5, 5.41) is 3.57. The van der Waals surface area contributed by atoms with Gasteiger partial charge in [0.2, 0.25) is 0 Å². The second-order valence-corrected chi connectivity index (χ2v) is 10.3. The molecular formula is C38H25N3. The van der Waals surface area contributed by atoms with Crippen molar-refractivity contribution >= 4 is 27.3 Å². The Labute approximate surface area is 238 Å². The Kier molecular flexibility index (Phi) is 5.46. The first-order chi connectivity index (χ1) is 20.3. The fourth-order valence-corrected chi connectivity index (χ4v) is 5.81. The van der Waals surface area contributed by atoms with Gasteiger partial charge in [-0.25, -0.2) is 9.97 Å². The maximum absolute atomic E-state index is 5.17. The fourth-order valence-electron chi connectivity index (χ4n) is 5.81. The van der Waals surface area contributed by atoms with E-state index in [2.05, 4.69) is 138 Å². The third-order valence-electron chi connectivity index (χ3n) is 7.82. The van der Waals surface area contributed by atoms with Gasteiger partial charge in [-0.05, 0) is 40.5 Å². The van der Waals surface area contributed by atoms with Crippen LogP contribution in [0.5, 0.6) is 0 Å². The number of imidazole rings is 1. The lowest BCUT2D eigenvalue weighted by atomic mass is 9.92. The molecule has 0 N–H and O–H groups in total. The van der Waals surface area contributed by atoms with E-state index in [0.717, 1.165) is 50.2 Å². The Morgan fingerprint density at radius 3 is 1.88 bits per heavy atom. The summed E-state index contributed by atoms with van der Waals surface area (Å²) in [4.78, 5) is 9.98. The number of fused-ring (bicyclic) bond motifs is 4. The predicted octanol–water partition coefficient (Wildman–Crippen LogP) is 9.70. The van der Waals surface area contributed by atoms with Crippen molar-refractivity contribution in [2.45, 2.75) is 0 Å². The molecule has 0 aliphatic carbocycles. The van der Waals surface area contributed by atoms with Crippen LogP contribution in [0, 0.1) is 0 Å². The van der Waals surface area contributed by atoms with E-state index in [-0.39, 0.29) is 0 Å². The zero-order chi connectivity index (χ0) is 27.2. The van der Waals surface area contributed by atoms with Gasteiger partial charge in [-0.3, -0.25) is 0 Å². The normalized spacial score (nSPS) is 11.4. The third-order valence-corrected chi connectivity index (χ3v) is 7.82. The number of para-hydroxylation sites is 1. The molecule has 0 saturated carbocycles. The first kappa shape index (κ1) is 23.4. The van der Waals surface area contributed by atoms with Gasteiger partial charge in [0, 0.05) is 39.7 Å². The minimum absolute atomic E-state index is 0.935. The highest BCUT2D eigenvalue weighted by Crippen LogP contribution is 2.38. The standard InChI is InChI=1S/C38H25N3/c1-3-10-27(11-4-1)31-15-9-16-33-37(31)32-14-7-8-17-34(32)40-38(33)29-20-18-26(19-21-29)30-22-23-36-39-35(25-41(36)24-30)28-12-5-2-6-13-28/h1-25H. The molecule has 192 valence electrons. The Bertz CT molecular complexity index is 2180. The fraction of sp³-hybridized carbons (Fsp3) is 0. The van der Waals surface area contributed by atoms with Gasteiger partial charge < -0.3 is 4.40 Å². The zero-order valence-electron chi connectivity index (χ0n) is 22.3. The molecule has 0 amide bonds. The lowest BCUT2D eigenvalue weighted by Gasteiger charge is -2.14. The first-order valence-electron chi connectivity index (χ1n) is 13.8. The maximum Gasteiger partial charge on any atom is 0.137 e. The average Bonchev–Trinajstić information content (AvgIpc) is 3.49. The highest BCUT2D eigenvalue weighted by Gasteiger charge is 2.14. The number of nitrogens with zero attached hydrogens (tertiary/aromatic N) is 3. The molecule has 0 aliphatic rings.